The Morgan fingerprint density at radius 1 is 1.56 bits per heavy atom. The molecular formula is C11H16N4O. The molecular weight excluding hydrogens is 204 g/mol. The molecule has 1 aromatic rings. The summed E-state index contributed by atoms with van der Waals surface area (Å²) < 4.78 is 5.40. The van der Waals surface area contributed by atoms with Crippen molar-refractivity contribution in [3.05, 3.63) is 17.8 Å². The molecule has 0 aliphatic heterocycles. The minimum atomic E-state index is 0.499. The first kappa shape index (κ1) is 12.4. The lowest BCUT2D eigenvalue weighted by Gasteiger charge is -2.08. The van der Waals surface area contributed by atoms with Crippen molar-refractivity contribution in [2.45, 2.75) is 13.8 Å². The van der Waals surface area contributed by atoms with Gasteiger partial charge in [0, 0.05) is 13.2 Å². The van der Waals surface area contributed by atoms with Gasteiger partial charge in [0.1, 0.15) is 6.07 Å². The Hall–Kier alpha value is -1.67. The number of nitrogens with one attached hydrogen (secondary N) is 1. The summed E-state index contributed by atoms with van der Waals surface area (Å²) in [6, 6.07) is 3.68. The minimum absolute atomic E-state index is 0.499. The minimum Gasteiger partial charge on any atom is -0.379 e. The molecule has 0 saturated carbocycles. The number of hydrogen-bond donors (Lipinski definition) is 1. The highest BCUT2D eigenvalue weighted by Crippen LogP contribution is 2.07. The Bertz CT molecular complexity index is 359. The van der Waals surface area contributed by atoms with Crippen LogP contribution in [0.4, 0.5) is 5.82 Å². The summed E-state index contributed by atoms with van der Waals surface area (Å²) in [5.74, 6) is 1.05. The van der Waals surface area contributed by atoms with Crippen LogP contribution in [-0.4, -0.2) is 30.0 Å². The van der Waals surface area contributed by atoms with Crippen LogP contribution in [0.25, 0.3) is 0 Å². The summed E-state index contributed by atoms with van der Waals surface area (Å²) >= 11 is 0. The lowest BCUT2D eigenvalue weighted by molar-refractivity contribution is 0.118. The van der Waals surface area contributed by atoms with E-state index in [-0.39, 0.29) is 0 Å². The number of anilines is 1. The van der Waals surface area contributed by atoms with Crippen LogP contribution in [0, 0.1) is 17.2 Å². The fourth-order valence-electron chi connectivity index (χ4n) is 1.11. The van der Waals surface area contributed by atoms with Crippen molar-refractivity contribution in [2.24, 2.45) is 5.92 Å². The van der Waals surface area contributed by atoms with E-state index in [1.54, 1.807) is 6.07 Å². The maximum absolute atomic E-state index is 8.80. The average molecular weight is 220 g/mol. The van der Waals surface area contributed by atoms with Crippen molar-refractivity contribution in [1.29, 1.82) is 5.26 Å². The molecule has 0 saturated heterocycles. The van der Waals surface area contributed by atoms with E-state index < -0.39 is 0 Å². The van der Waals surface area contributed by atoms with Gasteiger partial charge < -0.3 is 10.1 Å². The molecule has 1 rings (SSSR count). The fourth-order valence-corrected chi connectivity index (χ4v) is 1.11. The number of hydrogen-bond acceptors (Lipinski definition) is 5. The molecule has 0 fully saturated rings. The maximum Gasteiger partial charge on any atom is 0.166 e. The standard InChI is InChI=1S/C11H16N4O/c1-9(2)8-16-6-5-13-11-10(7-12)3-4-14-15-11/h3-4,9H,5-6,8H2,1-2H3,(H,13,15). The van der Waals surface area contributed by atoms with E-state index in [0.29, 0.717) is 30.5 Å². The van der Waals surface area contributed by atoms with E-state index in [4.69, 9.17) is 10.00 Å². The van der Waals surface area contributed by atoms with Crippen LogP contribution in [0.5, 0.6) is 0 Å². The van der Waals surface area contributed by atoms with Gasteiger partial charge in [0.05, 0.1) is 18.4 Å². The van der Waals surface area contributed by atoms with Gasteiger partial charge in [-0.1, -0.05) is 13.8 Å². The van der Waals surface area contributed by atoms with Crippen LogP contribution < -0.4 is 5.32 Å². The average Bonchev–Trinajstić information content (AvgIpc) is 2.29. The molecule has 0 aromatic carbocycles. The van der Waals surface area contributed by atoms with Crippen molar-refractivity contribution in [3.8, 4) is 6.07 Å². The normalized spacial score (nSPS) is 10.1. The van der Waals surface area contributed by atoms with E-state index in [2.05, 4.69) is 29.4 Å². The largest absolute Gasteiger partial charge is 0.379 e. The quantitative estimate of drug-likeness (QED) is 0.734. The monoisotopic (exact) mass is 220 g/mol. The van der Waals surface area contributed by atoms with E-state index in [1.807, 2.05) is 6.07 Å². The van der Waals surface area contributed by atoms with Gasteiger partial charge in [0.15, 0.2) is 5.82 Å². The first-order valence-electron chi connectivity index (χ1n) is 5.27. The Morgan fingerprint density at radius 2 is 2.38 bits per heavy atom. The van der Waals surface area contributed by atoms with E-state index in [9.17, 15) is 0 Å². The summed E-state index contributed by atoms with van der Waals surface area (Å²) in [5.41, 5.74) is 0.499. The summed E-state index contributed by atoms with van der Waals surface area (Å²) in [5, 5.41) is 19.4. The van der Waals surface area contributed by atoms with Crippen molar-refractivity contribution in [1.82, 2.24) is 10.2 Å². The molecule has 0 aliphatic rings. The van der Waals surface area contributed by atoms with Crippen LogP contribution in [0.2, 0.25) is 0 Å². The lowest BCUT2D eigenvalue weighted by Crippen LogP contribution is -2.13. The SMILES string of the molecule is CC(C)COCCNc1nnccc1C#N. The molecule has 86 valence electrons. The molecule has 0 spiro atoms. The zero-order valence-corrected chi connectivity index (χ0v) is 9.60. The van der Waals surface area contributed by atoms with Crippen LogP contribution in [0.1, 0.15) is 19.4 Å². The molecule has 0 aliphatic carbocycles. The summed E-state index contributed by atoms with van der Waals surface area (Å²) in [6.07, 6.45) is 1.50. The van der Waals surface area contributed by atoms with Crippen LogP contribution in [0.15, 0.2) is 12.3 Å². The summed E-state index contributed by atoms with van der Waals surface area (Å²) in [4.78, 5) is 0. The molecule has 16 heavy (non-hydrogen) atoms. The van der Waals surface area contributed by atoms with Crippen molar-refractivity contribution >= 4 is 5.82 Å². The van der Waals surface area contributed by atoms with Gasteiger partial charge >= 0.3 is 0 Å². The molecule has 1 heterocycles. The highest BCUT2D eigenvalue weighted by molar-refractivity contribution is 5.49. The number of rotatable bonds is 6. The first-order chi connectivity index (χ1) is 7.74. The Morgan fingerprint density at radius 3 is 3.06 bits per heavy atom. The van der Waals surface area contributed by atoms with Crippen LogP contribution in [-0.2, 0) is 4.74 Å². The molecule has 5 nitrogen and oxygen atoms in total. The number of nitriles is 1. The number of ether oxygens (including phenoxy) is 1. The predicted octanol–water partition coefficient (Wildman–Crippen LogP) is 1.43. The molecule has 1 aromatic heterocycles. The van der Waals surface area contributed by atoms with Gasteiger partial charge in [-0.25, -0.2) is 0 Å². The lowest BCUT2D eigenvalue weighted by atomic mass is 10.2. The van der Waals surface area contributed by atoms with E-state index >= 15 is 0 Å². The molecule has 1 N–H and O–H groups in total. The molecule has 0 unspecified atom stereocenters. The molecule has 0 atom stereocenters. The van der Waals surface area contributed by atoms with E-state index in [1.165, 1.54) is 6.20 Å². The summed E-state index contributed by atoms with van der Waals surface area (Å²) in [6.45, 7) is 6.17. The topological polar surface area (TPSA) is 70.8 Å². The van der Waals surface area contributed by atoms with E-state index in [0.717, 1.165) is 6.61 Å². The number of nitrogens with zero attached hydrogens (tertiary/aromatic N) is 3. The van der Waals surface area contributed by atoms with Gasteiger partial charge in [-0.05, 0) is 12.0 Å². The maximum atomic E-state index is 8.80. The molecule has 5 heteroatoms. The van der Waals surface area contributed by atoms with Crippen molar-refractivity contribution in [2.75, 3.05) is 25.1 Å². The smallest absolute Gasteiger partial charge is 0.166 e. The summed E-state index contributed by atoms with van der Waals surface area (Å²) in [7, 11) is 0. The van der Waals surface area contributed by atoms with Crippen LogP contribution in [0.3, 0.4) is 0 Å². The van der Waals surface area contributed by atoms with Gasteiger partial charge in [-0.3, -0.25) is 0 Å². The zero-order valence-electron chi connectivity index (χ0n) is 9.60. The second-order valence-corrected chi connectivity index (χ2v) is 3.80. The van der Waals surface area contributed by atoms with Gasteiger partial charge in [-0.15, -0.1) is 5.10 Å². The second kappa shape index (κ2) is 6.75. The Balaban J connectivity index is 2.30. The third-order valence-corrected chi connectivity index (χ3v) is 1.83. The highest BCUT2D eigenvalue weighted by Gasteiger charge is 2.01. The highest BCUT2D eigenvalue weighted by atomic mass is 16.5. The van der Waals surface area contributed by atoms with Crippen molar-refractivity contribution < 1.29 is 4.74 Å². The Kier molecular flexibility index (Phi) is 5.23. The molecule has 0 radical (unpaired) electrons. The third-order valence-electron chi connectivity index (χ3n) is 1.83. The Labute approximate surface area is 95.4 Å². The third kappa shape index (κ3) is 4.24. The molecule has 0 amide bonds. The van der Waals surface area contributed by atoms with Crippen LogP contribution >= 0.6 is 0 Å². The van der Waals surface area contributed by atoms with Gasteiger partial charge in [-0.2, -0.15) is 10.4 Å². The van der Waals surface area contributed by atoms with Crippen molar-refractivity contribution in [3.63, 3.8) is 0 Å². The zero-order chi connectivity index (χ0) is 11.8. The van der Waals surface area contributed by atoms with Gasteiger partial charge in [0.2, 0.25) is 0 Å². The van der Waals surface area contributed by atoms with Gasteiger partial charge in [0.25, 0.3) is 0 Å². The fraction of sp³-hybridized carbons (Fsp3) is 0.545. The first-order valence-corrected chi connectivity index (χ1v) is 5.27. The number of aromatic nitrogens is 2. The second-order valence-electron chi connectivity index (χ2n) is 3.80. The predicted molar refractivity (Wildman–Crippen MR) is 60.9 cm³/mol. The molecule has 0 bridgehead atoms.